The van der Waals surface area contributed by atoms with E-state index in [4.69, 9.17) is 0 Å². The molecule has 6 heteroatoms. The molecule has 178 valence electrons. The molecule has 0 heterocycles. The molecular formula is C24H46O6. The first-order valence-corrected chi connectivity index (χ1v) is 11.6. The molecule has 0 saturated carbocycles. The third-order valence-corrected chi connectivity index (χ3v) is 8.03. The van der Waals surface area contributed by atoms with E-state index in [-0.39, 0.29) is 0 Å². The molecule has 0 amide bonds. The maximum absolute atomic E-state index is 12.7. The fraction of sp³-hybridized carbons (Fsp3) is 0.917. The van der Waals surface area contributed by atoms with Crippen LogP contribution in [0, 0.1) is 21.7 Å². The SMILES string of the molecule is CCCCC(CC)(C(=O)OO)C(C)(C)CCC(C)(C)C(CC)(CCCC)C(=O)OO. The highest BCUT2D eigenvalue weighted by atomic mass is 17.1. The fourth-order valence-corrected chi connectivity index (χ4v) is 5.27. The van der Waals surface area contributed by atoms with Crippen LogP contribution < -0.4 is 0 Å². The van der Waals surface area contributed by atoms with Crippen LogP contribution in [0.3, 0.4) is 0 Å². The lowest BCUT2D eigenvalue weighted by molar-refractivity contribution is -0.255. The summed E-state index contributed by atoms with van der Waals surface area (Å²) in [6, 6.07) is 0. The minimum Gasteiger partial charge on any atom is -0.300 e. The maximum Gasteiger partial charge on any atom is 0.348 e. The van der Waals surface area contributed by atoms with Crippen molar-refractivity contribution in [3.63, 3.8) is 0 Å². The Labute approximate surface area is 183 Å². The van der Waals surface area contributed by atoms with Crippen molar-refractivity contribution >= 4 is 11.9 Å². The van der Waals surface area contributed by atoms with Gasteiger partial charge in [0.05, 0.1) is 10.8 Å². The summed E-state index contributed by atoms with van der Waals surface area (Å²) in [6.07, 6.45) is 7.35. The number of unbranched alkanes of at least 4 members (excludes halogenated alkanes) is 2. The first-order chi connectivity index (χ1) is 13.9. The maximum atomic E-state index is 12.7. The van der Waals surface area contributed by atoms with E-state index in [0.717, 1.165) is 25.7 Å². The molecule has 0 saturated heterocycles. The number of rotatable bonds is 15. The summed E-state index contributed by atoms with van der Waals surface area (Å²) in [5.41, 5.74) is -2.52. The Bertz CT molecular complexity index is 494. The number of carbonyl (C=O) groups excluding carboxylic acids is 2. The summed E-state index contributed by atoms with van der Waals surface area (Å²) in [5, 5.41) is 18.4. The Hall–Kier alpha value is -1.14. The van der Waals surface area contributed by atoms with Gasteiger partial charge in [-0.1, -0.05) is 81.1 Å². The van der Waals surface area contributed by atoms with E-state index < -0.39 is 33.6 Å². The molecule has 6 nitrogen and oxygen atoms in total. The smallest absolute Gasteiger partial charge is 0.300 e. The summed E-state index contributed by atoms with van der Waals surface area (Å²) in [5.74, 6) is -1.16. The van der Waals surface area contributed by atoms with E-state index >= 15 is 0 Å². The highest BCUT2D eigenvalue weighted by Crippen LogP contribution is 2.55. The third kappa shape index (κ3) is 5.76. The van der Waals surface area contributed by atoms with Gasteiger partial charge >= 0.3 is 11.9 Å². The van der Waals surface area contributed by atoms with Crippen LogP contribution in [0.4, 0.5) is 0 Å². The highest BCUT2D eigenvalue weighted by Gasteiger charge is 2.54. The molecule has 0 aliphatic heterocycles. The van der Waals surface area contributed by atoms with Crippen LogP contribution in [-0.4, -0.2) is 22.5 Å². The van der Waals surface area contributed by atoms with Crippen molar-refractivity contribution in [3.05, 3.63) is 0 Å². The van der Waals surface area contributed by atoms with Gasteiger partial charge in [0, 0.05) is 0 Å². The zero-order valence-corrected chi connectivity index (χ0v) is 20.6. The Balaban J connectivity index is 5.97. The van der Waals surface area contributed by atoms with Crippen LogP contribution in [0.5, 0.6) is 0 Å². The summed E-state index contributed by atoms with van der Waals surface area (Å²) < 4.78 is 0. The predicted octanol–water partition coefficient (Wildman–Crippen LogP) is 7.02. The monoisotopic (exact) mass is 430 g/mol. The van der Waals surface area contributed by atoms with Crippen molar-refractivity contribution in [2.24, 2.45) is 21.7 Å². The van der Waals surface area contributed by atoms with Gasteiger partial charge in [0.25, 0.3) is 0 Å². The van der Waals surface area contributed by atoms with Gasteiger partial charge in [0.15, 0.2) is 0 Å². The molecular weight excluding hydrogens is 384 g/mol. The molecule has 0 radical (unpaired) electrons. The van der Waals surface area contributed by atoms with Gasteiger partial charge in [-0.25, -0.2) is 9.59 Å². The van der Waals surface area contributed by atoms with Gasteiger partial charge in [0.1, 0.15) is 0 Å². The highest BCUT2D eigenvalue weighted by molar-refractivity contribution is 5.78. The molecule has 2 atom stereocenters. The second kappa shape index (κ2) is 12.0. The molecule has 2 unspecified atom stereocenters. The number of hydrogen-bond acceptors (Lipinski definition) is 6. The minimum atomic E-state index is -0.802. The van der Waals surface area contributed by atoms with Gasteiger partial charge in [0.2, 0.25) is 0 Å². The molecule has 2 N–H and O–H groups in total. The van der Waals surface area contributed by atoms with Crippen LogP contribution in [-0.2, 0) is 19.4 Å². The Kier molecular flexibility index (Phi) is 11.6. The summed E-state index contributed by atoms with van der Waals surface area (Å²) in [7, 11) is 0. The normalized spacial score (nSPS) is 16.5. The largest absolute Gasteiger partial charge is 0.348 e. The summed E-state index contributed by atoms with van der Waals surface area (Å²) >= 11 is 0. The molecule has 0 aliphatic rings. The molecule has 0 spiro atoms. The van der Waals surface area contributed by atoms with Crippen molar-refractivity contribution in [1.82, 2.24) is 0 Å². The average molecular weight is 431 g/mol. The number of carbonyl (C=O) groups is 2. The van der Waals surface area contributed by atoms with Gasteiger partial charge < -0.3 is 9.78 Å². The molecule has 0 fully saturated rings. The minimum absolute atomic E-state index is 0.457. The van der Waals surface area contributed by atoms with E-state index in [1.165, 1.54) is 0 Å². The zero-order chi connectivity index (χ0) is 23.6. The lowest BCUT2D eigenvalue weighted by atomic mass is 9.54. The Morgan fingerprint density at radius 1 is 0.633 bits per heavy atom. The first-order valence-electron chi connectivity index (χ1n) is 11.6. The Morgan fingerprint density at radius 2 is 0.933 bits per heavy atom. The zero-order valence-electron chi connectivity index (χ0n) is 20.6. The number of hydrogen-bond donors (Lipinski definition) is 2. The van der Waals surface area contributed by atoms with Crippen molar-refractivity contribution in [3.8, 4) is 0 Å². The van der Waals surface area contributed by atoms with Gasteiger partial charge in [-0.3, -0.25) is 0 Å². The van der Waals surface area contributed by atoms with E-state index in [2.05, 4.69) is 23.6 Å². The van der Waals surface area contributed by atoms with Crippen LogP contribution in [0.2, 0.25) is 0 Å². The second-order valence-corrected chi connectivity index (χ2v) is 10.1. The third-order valence-electron chi connectivity index (χ3n) is 8.03. The standard InChI is InChI=1S/C24H46O6/c1-9-13-15-23(11-3,19(25)29-27)21(5,6)17-18-22(7,8)24(12-4,16-14-10-2)20(26)30-28/h27-28H,9-18H2,1-8H3. The first kappa shape index (κ1) is 28.9. The molecule has 0 aromatic heterocycles. The lowest BCUT2D eigenvalue weighted by Crippen LogP contribution is -2.48. The van der Waals surface area contributed by atoms with Gasteiger partial charge in [-0.15, -0.1) is 0 Å². The molecule has 30 heavy (non-hydrogen) atoms. The van der Waals surface area contributed by atoms with E-state index in [0.29, 0.717) is 38.5 Å². The van der Waals surface area contributed by atoms with E-state index in [9.17, 15) is 20.1 Å². The van der Waals surface area contributed by atoms with Crippen molar-refractivity contribution in [1.29, 1.82) is 0 Å². The summed E-state index contributed by atoms with van der Waals surface area (Å²) in [6.45, 7) is 16.2. The van der Waals surface area contributed by atoms with Crippen molar-refractivity contribution < 1.29 is 29.9 Å². The molecule has 0 bridgehead atoms. The van der Waals surface area contributed by atoms with Gasteiger partial charge in [-0.05, 0) is 49.4 Å². The second-order valence-electron chi connectivity index (χ2n) is 10.1. The fourth-order valence-electron chi connectivity index (χ4n) is 5.27. The average Bonchev–Trinajstić information content (AvgIpc) is 2.73. The lowest BCUT2D eigenvalue weighted by Gasteiger charge is -2.48. The molecule has 0 aromatic rings. The van der Waals surface area contributed by atoms with Crippen molar-refractivity contribution in [2.75, 3.05) is 0 Å². The topological polar surface area (TPSA) is 93.1 Å². The van der Waals surface area contributed by atoms with E-state index in [1.54, 1.807) is 0 Å². The predicted molar refractivity (Wildman–Crippen MR) is 119 cm³/mol. The van der Waals surface area contributed by atoms with Crippen LogP contribution in [0.15, 0.2) is 0 Å². The Morgan fingerprint density at radius 3 is 1.13 bits per heavy atom. The van der Waals surface area contributed by atoms with Crippen LogP contribution >= 0.6 is 0 Å². The van der Waals surface area contributed by atoms with Crippen LogP contribution in [0.25, 0.3) is 0 Å². The summed E-state index contributed by atoms with van der Waals surface area (Å²) in [4.78, 5) is 34.0. The van der Waals surface area contributed by atoms with Gasteiger partial charge in [-0.2, -0.15) is 10.5 Å². The van der Waals surface area contributed by atoms with Crippen molar-refractivity contribution in [2.45, 2.75) is 120 Å². The van der Waals surface area contributed by atoms with E-state index in [1.807, 2.05) is 41.5 Å². The molecule has 0 rings (SSSR count). The molecule has 0 aliphatic carbocycles. The van der Waals surface area contributed by atoms with Crippen LogP contribution in [0.1, 0.15) is 120 Å². The quantitative estimate of drug-likeness (QED) is 0.214. The molecule has 0 aromatic carbocycles.